The highest BCUT2D eigenvalue weighted by atomic mass is 31.0. The molecule has 0 spiro atoms. The smallest absolute Gasteiger partial charge is 0.418 e. The molecule has 0 aromatic rings. The average Bonchev–Trinajstić information content (AvgIpc) is 1.27. The zero-order valence-corrected chi connectivity index (χ0v) is 5.92. The fourth-order valence-electron chi connectivity index (χ4n) is 0. The van der Waals surface area contributed by atoms with E-state index in [1.54, 1.807) is 0 Å². The predicted molar refractivity (Wildman–Crippen MR) is 31.8 cm³/mol. The minimum atomic E-state index is -6.00. The van der Waals surface area contributed by atoms with E-state index in [0.717, 1.165) is 0 Å². The van der Waals surface area contributed by atoms with Crippen LogP contribution in [-0.2, 0) is 0 Å². The lowest BCUT2D eigenvalue weighted by molar-refractivity contribution is 0.368. The van der Waals surface area contributed by atoms with Crippen molar-refractivity contribution in [2.75, 3.05) is 6.16 Å². The molecular weight excluding hydrogens is 142 g/mol. The Morgan fingerprint density at radius 1 is 1.25 bits per heavy atom. The van der Waals surface area contributed by atoms with Crippen molar-refractivity contribution in [1.29, 1.82) is 0 Å². The predicted octanol–water partition coefficient (Wildman–Crippen LogP) is 1.91. The van der Waals surface area contributed by atoms with Crippen LogP contribution in [-0.4, -0.2) is 13.4 Å². The maximum absolute atomic E-state index is 9.75. The highest BCUT2D eigenvalue weighted by molar-refractivity contribution is 7.16. The van der Waals surface area contributed by atoms with Crippen LogP contribution in [0.1, 0.15) is 6.92 Å². The van der Waals surface area contributed by atoms with Crippen molar-refractivity contribution in [2.24, 2.45) is 0 Å². The van der Waals surface area contributed by atoms with Crippen molar-refractivity contribution in [3.05, 3.63) is 0 Å². The maximum atomic E-state index is 9.75. The summed E-state index contributed by atoms with van der Waals surface area (Å²) in [6, 6.07) is 0. The Hall–Kier alpha value is 0.215. The van der Waals surface area contributed by atoms with Crippen molar-refractivity contribution < 1.29 is 17.3 Å². The van der Waals surface area contributed by atoms with Gasteiger partial charge < -0.3 is 17.3 Å². The summed E-state index contributed by atoms with van der Waals surface area (Å²) >= 11 is 0. The lowest BCUT2D eigenvalue weighted by atomic mass is 10.3. The van der Waals surface area contributed by atoms with Crippen LogP contribution in [0.4, 0.5) is 17.3 Å². The summed E-state index contributed by atoms with van der Waals surface area (Å²) in [7, 11) is -4.03. The molecule has 0 aromatic heterocycles. The van der Waals surface area contributed by atoms with Gasteiger partial charge in [-0.2, -0.15) is 0 Å². The third-order valence-electron chi connectivity index (χ3n) is 0. The van der Waals surface area contributed by atoms with Crippen molar-refractivity contribution in [2.45, 2.75) is 6.92 Å². The van der Waals surface area contributed by atoms with Gasteiger partial charge in [-0.25, -0.2) is 0 Å². The summed E-state index contributed by atoms with van der Waals surface area (Å²) in [4.78, 5) is 0. The molecule has 0 fully saturated rings. The Morgan fingerprint density at radius 2 is 1.25 bits per heavy atom. The molecule has 0 rings (SSSR count). The van der Waals surface area contributed by atoms with Gasteiger partial charge in [0.1, 0.15) is 0 Å². The highest BCUT2D eigenvalue weighted by Gasteiger charge is 2.20. The highest BCUT2D eigenvalue weighted by Crippen LogP contribution is 2.06. The van der Waals surface area contributed by atoms with Gasteiger partial charge in [-0.15, -0.1) is 0 Å². The van der Waals surface area contributed by atoms with Gasteiger partial charge in [0.25, 0.3) is 0 Å². The van der Waals surface area contributed by atoms with E-state index in [2.05, 4.69) is 6.92 Å². The van der Waals surface area contributed by atoms with Gasteiger partial charge in [-0.05, 0) is 16.2 Å². The molecule has 1 atom stereocenters. The molecule has 0 aliphatic rings. The molecule has 1 unspecified atom stereocenters. The minimum absolute atomic E-state index is 1.28. The minimum Gasteiger partial charge on any atom is -0.418 e. The molecule has 0 N–H and O–H groups in total. The topological polar surface area (TPSA) is 0 Å². The Labute approximate surface area is 48.0 Å². The van der Waals surface area contributed by atoms with E-state index in [-0.39, 0.29) is 0 Å². The second-order valence-corrected chi connectivity index (χ2v) is 1.99. The van der Waals surface area contributed by atoms with Crippen LogP contribution < -0.4 is 0 Å². The van der Waals surface area contributed by atoms with E-state index in [9.17, 15) is 17.3 Å². The molecule has 0 nitrogen and oxygen atoms in total. The molecule has 0 aliphatic carbocycles. The first-order valence-corrected chi connectivity index (χ1v) is 3.08. The largest absolute Gasteiger partial charge is 0.673 e. The second-order valence-electron chi connectivity index (χ2n) is 0.995. The monoisotopic (exact) mass is 150 g/mol. The number of hydrogen-bond acceptors (Lipinski definition) is 0. The van der Waals surface area contributed by atoms with Crippen LogP contribution in [0.15, 0.2) is 0 Å². The Bertz CT molecular complexity index is 37.8. The Balaban J connectivity index is 0. The summed E-state index contributed by atoms with van der Waals surface area (Å²) in [6.07, 6.45) is 1.28. The van der Waals surface area contributed by atoms with Crippen molar-refractivity contribution in [3.8, 4) is 0 Å². The zero-order valence-electron chi connectivity index (χ0n) is 4.50. The number of hydrogen-bond donors (Lipinski definition) is 0. The van der Waals surface area contributed by atoms with Gasteiger partial charge in [0.05, 0.1) is 0 Å². The van der Waals surface area contributed by atoms with Crippen LogP contribution >= 0.6 is 9.24 Å². The van der Waals surface area contributed by atoms with E-state index in [4.69, 9.17) is 0 Å². The van der Waals surface area contributed by atoms with Crippen molar-refractivity contribution >= 4 is 16.5 Å². The van der Waals surface area contributed by atoms with Gasteiger partial charge in [-0.3, -0.25) is 0 Å². The van der Waals surface area contributed by atoms with Gasteiger partial charge >= 0.3 is 7.25 Å². The zero-order chi connectivity index (χ0) is 7.21. The maximum Gasteiger partial charge on any atom is 0.673 e. The molecule has 8 heavy (non-hydrogen) atoms. The molecule has 0 bridgehead atoms. The third kappa shape index (κ3) is 3660. The van der Waals surface area contributed by atoms with E-state index >= 15 is 0 Å². The normalized spacial score (nSPS) is 10.1. The second kappa shape index (κ2) is 5.35. The first kappa shape index (κ1) is 11.1. The van der Waals surface area contributed by atoms with Gasteiger partial charge in [0.15, 0.2) is 0 Å². The summed E-state index contributed by atoms with van der Waals surface area (Å²) in [5.41, 5.74) is 0. The van der Waals surface area contributed by atoms with Gasteiger partial charge in [0, 0.05) is 6.16 Å². The summed E-state index contributed by atoms with van der Waals surface area (Å²) < 4.78 is 39.0. The fourth-order valence-corrected chi connectivity index (χ4v) is 0. The van der Waals surface area contributed by atoms with Crippen LogP contribution in [0.2, 0.25) is 0 Å². The molecule has 6 heteroatoms. The van der Waals surface area contributed by atoms with Gasteiger partial charge in [0.2, 0.25) is 0 Å². The molecule has 0 radical (unpaired) electrons. The first-order chi connectivity index (χ1) is 3.41. The van der Waals surface area contributed by atoms with Crippen LogP contribution in [0.5, 0.6) is 0 Å². The third-order valence-corrected chi connectivity index (χ3v) is 0. The van der Waals surface area contributed by atoms with Gasteiger partial charge in [-0.1, -0.05) is 0 Å². The summed E-state index contributed by atoms with van der Waals surface area (Å²) in [5, 5.41) is 0. The van der Waals surface area contributed by atoms with Crippen LogP contribution in [0.25, 0.3) is 0 Å². The standard InChI is InChI=1S/C2H7P.BF4/c1-2-3;2-1(3,4)5/h2-3H2,1H3;/q;-1/p+1. The number of rotatable bonds is 0. The molecule has 0 aliphatic heterocycles. The summed E-state index contributed by atoms with van der Waals surface area (Å²) in [5.74, 6) is 0. The molecule has 0 saturated carbocycles. The van der Waals surface area contributed by atoms with Crippen LogP contribution in [0.3, 0.4) is 0 Å². The van der Waals surface area contributed by atoms with E-state index in [0.29, 0.717) is 0 Å². The molecule has 0 heterocycles. The van der Waals surface area contributed by atoms with E-state index in [1.165, 1.54) is 6.16 Å². The fraction of sp³-hybridized carbons (Fsp3) is 1.00. The molecule has 52 valence electrons. The van der Waals surface area contributed by atoms with E-state index < -0.39 is 7.25 Å². The van der Waals surface area contributed by atoms with Crippen LogP contribution in [0, 0.1) is 0 Å². The molecule has 0 aromatic carbocycles. The quantitative estimate of drug-likeness (QED) is 0.281. The SMILES string of the molecule is CC[PH3+].F[B-](F)(F)F. The molecule has 0 amide bonds. The van der Waals surface area contributed by atoms with Crippen molar-refractivity contribution in [3.63, 3.8) is 0 Å². The van der Waals surface area contributed by atoms with E-state index in [1.807, 2.05) is 9.24 Å². The molecule has 0 saturated heterocycles. The lowest BCUT2D eigenvalue weighted by Crippen LogP contribution is -2.02. The number of halogens is 4. The Kier molecular flexibility index (Phi) is 7.41. The molecular formula is C2H8BF4P. The van der Waals surface area contributed by atoms with Crippen molar-refractivity contribution in [1.82, 2.24) is 0 Å². The Morgan fingerprint density at radius 3 is 1.25 bits per heavy atom. The summed E-state index contributed by atoms with van der Waals surface area (Å²) in [6.45, 7) is 2.14. The first-order valence-electron chi connectivity index (χ1n) is 2.08. The average molecular weight is 150 g/mol. The lowest BCUT2D eigenvalue weighted by Gasteiger charge is -1.94.